The van der Waals surface area contributed by atoms with E-state index in [2.05, 4.69) is 27.9 Å². The van der Waals surface area contributed by atoms with Crippen LogP contribution >= 0.6 is 0 Å². The van der Waals surface area contributed by atoms with E-state index in [1.165, 1.54) is 0 Å². The molecule has 2 unspecified atom stereocenters. The van der Waals surface area contributed by atoms with Gasteiger partial charge in [-0.15, -0.1) is 0 Å². The maximum absolute atomic E-state index is 13.3. The Morgan fingerprint density at radius 2 is 1.77 bits per heavy atom. The number of nitrogens with zero attached hydrogens (tertiary/aromatic N) is 1. The molecule has 3 N–H and O–H groups in total. The van der Waals surface area contributed by atoms with Gasteiger partial charge in [-0.05, 0) is 55.6 Å². The number of anilines is 1. The van der Waals surface area contributed by atoms with Gasteiger partial charge in [0.25, 0.3) is 0 Å². The van der Waals surface area contributed by atoms with Crippen LogP contribution in [-0.4, -0.2) is 29.4 Å². The molecular weight excluding hydrogens is 402 g/mol. The van der Waals surface area contributed by atoms with Gasteiger partial charge in [-0.3, -0.25) is 9.59 Å². The Balaban J connectivity index is 1.97. The Bertz CT molecular complexity index is 854. The van der Waals surface area contributed by atoms with E-state index in [4.69, 9.17) is 0 Å². The first-order valence-corrected chi connectivity index (χ1v) is 10.6. The third-order valence-corrected chi connectivity index (χ3v) is 4.75. The van der Waals surface area contributed by atoms with E-state index in [1.54, 1.807) is 12.3 Å². The van der Waals surface area contributed by atoms with Gasteiger partial charge in [0.2, 0.25) is 11.8 Å². The SMILES string of the molecule is CCCNC(C)c1ccc(NC(=O)C(CCC)NC(=O)Cc2cc(F)cc(F)c2)nc1. The molecule has 0 fully saturated rings. The summed E-state index contributed by atoms with van der Waals surface area (Å²) in [6.45, 7) is 6.94. The number of aromatic nitrogens is 1. The topological polar surface area (TPSA) is 83.1 Å². The zero-order valence-corrected chi connectivity index (χ0v) is 18.2. The van der Waals surface area contributed by atoms with Crippen LogP contribution in [0.4, 0.5) is 14.6 Å². The van der Waals surface area contributed by atoms with E-state index in [1.807, 2.05) is 19.9 Å². The van der Waals surface area contributed by atoms with Crippen molar-refractivity contribution in [2.24, 2.45) is 0 Å². The zero-order chi connectivity index (χ0) is 22.8. The van der Waals surface area contributed by atoms with E-state index in [0.717, 1.165) is 36.7 Å². The van der Waals surface area contributed by atoms with Crippen LogP contribution in [0.1, 0.15) is 57.2 Å². The average molecular weight is 433 g/mol. The summed E-state index contributed by atoms with van der Waals surface area (Å²) >= 11 is 0. The Morgan fingerprint density at radius 1 is 1.06 bits per heavy atom. The van der Waals surface area contributed by atoms with Crippen LogP contribution in [0.3, 0.4) is 0 Å². The number of nitrogens with one attached hydrogen (secondary N) is 3. The maximum atomic E-state index is 13.3. The summed E-state index contributed by atoms with van der Waals surface area (Å²) in [6, 6.07) is 5.92. The Kier molecular flexibility index (Phi) is 9.52. The molecule has 31 heavy (non-hydrogen) atoms. The number of amides is 2. The second-order valence-electron chi connectivity index (χ2n) is 7.51. The van der Waals surface area contributed by atoms with Crippen molar-refractivity contribution in [3.8, 4) is 0 Å². The highest BCUT2D eigenvalue weighted by Gasteiger charge is 2.21. The minimum absolute atomic E-state index is 0.150. The van der Waals surface area contributed by atoms with Crippen LogP contribution in [0.15, 0.2) is 36.5 Å². The Hall–Kier alpha value is -2.87. The highest BCUT2D eigenvalue weighted by Crippen LogP contribution is 2.14. The molecular formula is C23H30F2N4O2. The molecule has 168 valence electrons. The molecule has 0 aliphatic carbocycles. The lowest BCUT2D eigenvalue weighted by molar-refractivity contribution is -0.126. The van der Waals surface area contributed by atoms with Gasteiger partial charge in [-0.1, -0.05) is 26.3 Å². The van der Waals surface area contributed by atoms with Crippen molar-refractivity contribution in [1.82, 2.24) is 15.6 Å². The van der Waals surface area contributed by atoms with Crippen molar-refractivity contribution < 1.29 is 18.4 Å². The van der Waals surface area contributed by atoms with Gasteiger partial charge in [0.15, 0.2) is 0 Å². The first-order valence-electron chi connectivity index (χ1n) is 10.6. The summed E-state index contributed by atoms with van der Waals surface area (Å²) in [7, 11) is 0. The molecule has 0 spiro atoms. The van der Waals surface area contributed by atoms with E-state index in [9.17, 15) is 18.4 Å². The monoisotopic (exact) mass is 432 g/mol. The Morgan fingerprint density at radius 3 is 2.35 bits per heavy atom. The smallest absolute Gasteiger partial charge is 0.248 e. The largest absolute Gasteiger partial charge is 0.344 e. The summed E-state index contributed by atoms with van der Waals surface area (Å²) in [4.78, 5) is 29.3. The van der Waals surface area contributed by atoms with Crippen LogP contribution in [0.2, 0.25) is 0 Å². The third-order valence-electron chi connectivity index (χ3n) is 4.75. The second-order valence-corrected chi connectivity index (χ2v) is 7.51. The first kappa shape index (κ1) is 24.4. The molecule has 6 nitrogen and oxygen atoms in total. The maximum Gasteiger partial charge on any atom is 0.248 e. The molecule has 2 aromatic rings. The second kappa shape index (κ2) is 12.1. The highest BCUT2D eigenvalue weighted by atomic mass is 19.1. The predicted molar refractivity (Wildman–Crippen MR) is 116 cm³/mol. The summed E-state index contributed by atoms with van der Waals surface area (Å²) in [5, 5.41) is 8.73. The quantitative estimate of drug-likeness (QED) is 0.503. The van der Waals surface area contributed by atoms with Gasteiger partial charge in [0.1, 0.15) is 23.5 Å². The number of carbonyl (C=O) groups is 2. The molecule has 0 aliphatic rings. The van der Waals surface area contributed by atoms with Crippen molar-refractivity contribution in [3.05, 3.63) is 59.3 Å². The summed E-state index contributed by atoms with van der Waals surface area (Å²) in [5.41, 5.74) is 1.21. The van der Waals surface area contributed by atoms with Crippen molar-refractivity contribution in [3.63, 3.8) is 0 Å². The minimum atomic E-state index is -0.775. The number of hydrogen-bond acceptors (Lipinski definition) is 4. The fourth-order valence-electron chi connectivity index (χ4n) is 3.13. The fraction of sp³-hybridized carbons (Fsp3) is 0.435. The molecule has 1 heterocycles. The molecule has 8 heteroatoms. The summed E-state index contributed by atoms with van der Waals surface area (Å²) in [5.74, 6) is -1.99. The lowest BCUT2D eigenvalue weighted by Crippen LogP contribution is -2.44. The van der Waals surface area contributed by atoms with Crippen molar-refractivity contribution in [1.29, 1.82) is 0 Å². The van der Waals surface area contributed by atoms with Gasteiger partial charge in [0.05, 0.1) is 6.42 Å². The van der Waals surface area contributed by atoms with E-state index in [-0.39, 0.29) is 18.0 Å². The van der Waals surface area contributed by atoms with E-state index >= 15 is 0 Å². The predicted octanol–water partition coefficient (Wildman–Crippen LogP) is 3.89. The molecule has 2 atom stereocenters. The highest BCUT2D eigenvalue weighted by molar-refractivity contribution is 5.96. The normalized spacial score (nSPS) is 12.8. The van der Waals surface area contributed by atoms with E-state index in [0.29, 0.717) is 18.7 Å². The number of halogens is 2. The number of benzene rings is 1. The molecule has 2 amide bonds. The number of hydrogen-bond donors (Lipinski definition) is 3. The van der Waals surface area contributed by atoms with Crippen LogP contribution in [0.5, 0.6) is 0 Å². The first-order chi connectivity index (χ1) is 14.8. The molecule has 1 aromatic carbocycles. The molecule has 0 aliphatic heterocycles. The molecule has 2 rings (SSSR count). The van der Waals surface area contributed by atoms with Crippen LogP contribution in [0, 0.1) is 11.6 Å². The molecule has 0 saturated heterocycles. The molecule has 0 saturated carbocycles. The van der Waals surface area contributed by atoms with Crippen LogP contribution in [0.25, 0.3) is 0 Å². The van der Waals surface area contributed by atoms with Crippen LogP contribution < -0.4 is 16.0 Å². The summed E-state index contributed by atoms with van der Waals surface area (Å²) < 4.78 is 26.6. The fourth-order valence-corrected chi connectivity index (χ4v) is 3.13. The summed E-state index contributed by atoms with van der Waals surface area (Å²) in [6.07, 6.45) is 3.60. The lowest BCUT2D eigenvalue weighted by Gasteiger charge is -2.18. The zero-order valence-electron chi connectivity index (χ0n) is 18.2. The van der Waals surface area contributed by atoms with Gasteiger partial charge in [-0.2, -0.15) is 0 Å². The molecule has 0 bridgehead atoms. The van der Waals surface area contributed by atoms with E-state index < -0.39 is 29.5 Å². The van der Waals surface area contributed by atoms with Gasteiger partial charge < -0.3 is 16.0 Å². The van der Waals surface area contributed by atoms with Crippen molar-refractivity contribution in [2.45, 2.75) is 58.5 Å². The average Bonchev–Trinajstić information content (AvgIpc) is 2.71. The van der Waals surface area contributed by atoms with Gasteiger partial charge >= 0.3 is 0 Å². The molecule has 1 aromatic heterocycles. The standard InChI is InChI=1S/C23H30F2N4O2/c1-4-6-20(28-22(30)12-16-10-18(24)13-19(25)11-16)23(31)29-21-8-7-17(14-27-21)15(3)26-9-5-2/h7-8,10-11,13-15,20,26H,4-6,9,12H2,1-3H3,(H,28,30)(H,27,29,31). The third kappa shape index (κ3) is 8.05. The number of pyridine rings is 1. The van der Waals surface area contributed by atoms with Crippen molar-refractivity contribution in [2.75, 3.05) is 11.9 Å². The minimum Gasteiger partial charge on any atom is -0.344 e. The Labute approximate surface area is 181 Å². The lowest BCUT2D eigenvalue weighted by atomic mass is 10.1. The van der Waals surface area contributed by atoms with Crippen LogP contribution in [-0.2, 0) is 16.0 Å². The number of carbonyl (C=O) groups excluding carboxylic acids is 2. The van der Waals surface area contributed by atoms with Gasteiger partial charge in [-0.25, -0.2) is 13.8 Å². The van der Waals surface area contributed by atoms with Gasteiger partial charge in [0, 0.05) is 18.3 Å². The molecule has 0 radical (unpaired) electrons. The van der Waals surface area contributed by atoms with Crippen molar-refractivity contribution >= 4 is 17.6 Å². The number of rotatable bonds is 11.